The Morgan fingerprint density at radius 2 is 1.67 bits per heavy atom. The van der Waals surface area contributed by atoms with Gasteiger partial charge in [0.05, 0.1) is 12.7 Å². The van der Waals surface area contributed by atoms with E-state index in [2.05, 4.69) is 6.92 Å². The second-order valence-electron chi connectivity index (χ2n) is 5.50. The molecule has 0 aliphatic heterocycles. The smallest absolute Gasteiger partial charge is 0.197 e. The largest absolute Gasteiger partial charge is 0.465 e. The Labute approximate surface area is 129 Å². The summed E-state index contributed by atoms with van der Waals surface area (Å²) in [6.45, 7) is 4.15. The van der Waals surface area contributed by atoms with Gasteiger partial charge in [-0.3, -0.25) is 0 Å². The molecule has 0 aliphatic rings. The Morgan fingerprint density at radius 3 is 2.33 bits per heavy atom. The third-order valence-corrected chi connectivity index (χ3v) is 3.51. The molecule has 120 valence electrons. The van der Waals surface area contributed by atoms with Crippen molar-refractivity contribution < 1.29 is 14.6 Å². The quantitative estimate of drug-likeness (QED) is 0.454. The van der Waals surface area contributed by atoms with Crippen LogP contribution in [0.4, 0.5) is 0 Å². The van der Waals surface area contributed by atoms with Gasteiger partial charge in [0.25, 0.3) is 0 Å². The third-order valence-electron chi connectivity index (χ3n) is 3.51. The van der Waals surface area contributed by atoms with Crippen LogP contribution in [-0.2, 0) is 4.74 Å². The van der Waals surface area contributed by atoms with E-state index in [1.165, 1.54) is 32.1 Å². The normalized spacial score (nSPS) is 13.9. The van der Waals surface area contributed by atoms with Gasteiger partial charge in [0.1, 0.15) is 5.75 Å². The van der Waals surface area contributed by atoms with Crippen LogP contribution in [0.25, 0.3) is 0 Å². The molecule has 2 atom stereocenters. The number of unbranched alkanes of at least 4 members (excludes halogenated alkanes) is 5. The molecule has 0 saturated carbocycles. The van der Waals surface area contributed by atoms with Gasteiger partial charge in [-0.2, -0.15) is 0 Å². The molecule has 1 aromatic carbocycles. The highest BCUT2D eigenvalue weighted by Crippen LogP contribution is 2.15. The lowest BCUT2D eigenvalue weighted by Gasteiger charge is -2.21. The van der Waals surface area contributed by atoms with Gasteiger partial charge in [-0.25, -0.2) is 0 Å². The van der Waals surface area contributed by atoms with Gasteiger partial charge in [-0.1, -0.05) is 63.6 Å². The zero-order valence-electron chi connectivity index (χ0n) is 13.5. The maximum atomic E-state index is 9.40. The molecule has 0 bridgehead atoms. The van der Waals surface area contributed by atoms with Gasteiger partial charge in [-0.05, 0) is 25.5 Å². The lowest BCUT2D eigenvalue weighted by atomic mass is 10.1. The van der Waals surface area contributed by atoms with Crippen LogP contribution >= 0.6 is 0 Å². The summed E-state index contributed by atoms with van der Waals surface area (Å²) in [5.74, 6) is 0.793. The Hall–Kier alpha value is -1.06. The number of hydrogen-bond acceptors (Lipinski definition) is 3. The number of rotatable bonds is 12. The molecule has 0 fully saturated rings. The van der Waals surface area contributed by atoms with E-state index in [-0.39, 0.29) is 19.0 Å². The summed E-state index contributed by atoms with van der Waals surface area (Å²) in [5, 5.41) is 9.40. The topological polar surface area (TPSA) is 38.7 Å². The van der Waals surface area contributed by atoms with Crippen LogP contribution in [-0.4, -0.2) is 24.1 Å². The highest BCUT2D eigenvalue weighted by Gasteiger charge is 2.13. The molecule has 0 radical (unpaired) electrons. The molecule has 1 aromatic rings. The van der Waals surface area contributed by atoms with E-state index in [9.17, 15) is 5.11 Å². The van der Waals surface area contributed by atoms with E-state index in [0.717, 1.165) is 18.6 Å². The number of para-hydroxylation sites is 1. The van der Waals surface area contributed by atoms with Crippen LogP contribution in [0.15, 0.2) is 30.3 Å². The van der Waals surface area contributed by atoms with Gasteiger partial charge < -0.3 is 14.6 Å². The fourth-order valence-electron chi connectivity index (χ4n) is 2.34. The lowest BCUT2D eigenvalue weighted by molar-refractivity contribution is -0.123. The fraction of sp³-hybridized carbons (Fsp3) is 0.667. The number of aliphatic hydroxyl groups is 1. The van der Waals surface area contributed by atoms with Gasteiger partial charge in [0.15, 0.2) is 6.29 Å². The van der Waals surface area contributed by atoms with Gasteiger partial charge in [-0.15, -0.1) is 0 Å². The molecule has 1 N–H and O–H groups in total. The van der Waals surface area contributed by atoms with Crippen molar-refractivity contribution in [3.05, 3.63) is 30.3 Å². The predicted molar refractivity (Wildman–Crippen MR) is 86.5 cm³/mol. The molecule has 0 spiro atoms. The average molecular weight is 294 g/mol. The number of hydrogen-bond donors (Lipinski definition) is 1. The van der Waals surface area contributed by atoms with Crippen LogP contribution < -0.4 is 4.74 Å². The fourth-order valence-corrected chi connectivity index (χ4v) is 2.34. The predicted octanol–water partition coefficient (Wildman–Crippen LogP) is 4.54. The minimum Gasteiger partial charge on any atom is -0.465 e. The van der Waals surface area contributed by atoms with Crippen LogP contribution in [0.2, 0.25) is 0 Å². The molecule has 0 saturated heterocycles. The molecule has 3 nitrogen and oxygen atoms in total. The first-order chi connectivity index (χ1) is 10.3. The third kappa shape index (κ3) is 8.74. The highest BCUT2D eigenvalue weighted by atomic mass is 16.7. The Kier molecular flexibility index (Phi) is 9.92. The van der Waals surface area contributed by atoms with Crippen molar-refractivity contribution in [3.63, 3.8) is 0 Å². The first-order valence-corrected chi connectivity index (χ1v) is 8.24. The summed E-state index contributed by atoms with van der Waals surface area (Å²) in [6, 6.07) is 9.63. The van der Waals surface area contributed by atoms with Crippen molar-refractivity contribution in [1.82, 2.24) is 0 Å². The van der Waals surface area contributed by atoms with Gasteiger partial charge in [0, 0.05) is 0 Å². The Balaban J connectivity index is 2.17. The maximum Gasteiger partial charge on any atom is 0.197 e. The van der Waals surface area contributed by atoms with Crippen molar-refractivity contribution in [3.8, 4) is 5.75 Å². The highest BCUT2D eigenvalue weighted by molar-refractivity contribution is 5.20. The summed E-state index contributed by atoms with van der Waals surface area (Å²) >= 11 is 0. The van der Waals surface area contributed by atoms with Crippen molar-refractivity contribution in [1.29, 1.82) is 0 Å². The second-order valence-corrected chi connectivity index (χ2v) is 5.50. The van der Waals surface area contributed by atoms with E-state index < -0.39 is 0 Å². The molecular weight excluding hydrogens is 264 g/mol. The lowest BCUT2D eigenvalue weighted by Crippen LogP contribution is -2.27. The molecule has 0 heterocycles. The van der Waals surface area contributed by atoms with Crippen molar-refractivity contribution >= 4 is 0 Å². The minimum atomic E-state index is -0.343. The van der Waals surface area contributed by atoms with E-state index in [4.69, 9.17) is 9.47 Å². The van der Waals surface area contributed by atoms with Gasteiger partial charge in [0.2, 0.25) is 0 Å². The molecule has 2 unspecified atom stereocenters. The summed E-state index contributed by atoms with van der Waals surface area (Å²) < 4.78 is 11.4. The number of aliphatic hydroxyl groups excluding tert-OH is 1. The first-order valence-electron chi connectivity index (χ1n) is 8.24. The first kappa shape index (κ1) is 18.0. The molecule has 3 heteroatoms. The summed E-state index contributed by atoms with van der Waals surface area (Å²) in [5.41, 5.74) is 0. The van der Waals surface area contributed by atoms with Crippen LogP contribution in [0.3, 0.4) is 0 Å². The standard InChI is InChI=1S/C18H30O3/c1-3-4-5-6-7-9-14-18(15-19)21-16(2)20-17-12-10-8-11-13-17/h8,10-13,16,18-19H,3-7,9,14-15H2,1-2H3. The molecule has 0 aliphatic carbocycles. The second kappa shape index (κ2) is 11.6. The van der Waals surface area contributed by atoms with E-state index >= 15 is 0 Å². The molecule has 0 aromatic heterocycles. The van der Waals surface area contributed by atoms with Crippen molar-refractivity contribution in [2.24, 2.45) is 0 Å². The minimum absolute atomic E-state index is 0.0530. The Bertz CT molecular complexity index is 340. The van der Waals surface area contributed by atoms with Crippen molar-refractivity contribution in [2.45, 2.75) is 71.2 Å². The van der Waals surface area contributed by atoms with Crippen LogP contribution in [0.1, 0.15) is 58.8 Å². The number of ether oxygens (including phenoxy) is 2. The van der Waals surface area contributed by atoms with Crippen LogP contribution in [0, 0.1) is 0 Å². The van der Waals surface area contributed by atoms with E-state index in [1.807, 2.05) is 37.3 Å². The summed E-state index contributed by atoms with van der Waals surface area (Å²) in [6.07, 6.45) is 7.93. The van der Waals surface area contributed by atoms with Gasteiger partial charge >= 0.3 is 0 Å². The molecule has 0 amide bonds. The summed E-state index contributed by atoms with van der Waals surface area (Å²) in [7, 11) is 0. The number of benzene rings is 1. The Morgan fingerprint density at radius 1 is 1.00 bits per heavy atom. The zero-order valence-corrected chi connectivity index (χ0v) is 13.5. The van der Waals surface area contributed by atoms with Crippen LogP contribution in [0.5, 0.6) is 5.75 Å². The monoisotopic (exact) mass is 294 g/mol. The summed E-state index contributed by atoms with van der Waals surface area (Å²) in [4.78, 5) is 0. The maximum absolute atomic E-state index is 9.40. The van der Waals surface area contributed by atoms with E-state index in [1.54, 1.807) is 0 Å². The SMILES string of the molecule is CCCCCCCCC(CO)OC(C)Oc1ccccc1. The zero-order chi connectivity index (χ0) is 15.3. The molecule has 21 heavy (non-hydrogen) atoms. The van der Waals surface area contributed by atoms with Crippen molar-refractivity contribution in [2.75, 3.05) is 6.61 Å². The average Bonchev–Trinajstić information content (AvgIpc) is 2.50. The molecular formula is C18H30O3. The van der Waals surface area contributed by atoms with E-state index in [0.29, 0.717) is 0 Å². The molecule has 1 rings (SSSR count).